The van der Waals surface area contributed by atoms with Crippen molar-refractivity contribution >= 4 is 16.9 Å². The molecule has 6 nitrogen and oxygen atoms in total. The van der Waals surface area contributed by atoms with Crippen molar-refractivity contribution in [3.8, 4) is 11.4 Å². The van der Waals surface area contributed by atoms with Gasteiger partial charge in [-0.3, -0.25) is 4.79 Å². The average Bonchev–Trinajstić information content (AvgIpc) is 3.02. The van der Waals surface area contributed by atoms with Crippen molar-refractivity contribution in [3.05, 3.63) is 75.6 Å². The molecule has 2 aliphatic rings. The van der Waals surface area contributed by atoms with Crippen LogP contribution in [0.3, 0.4) is 0 Å². The molecule has 27 heavy (non-hydrogen) atoms. The maximum atomic E-state index is 13.1. The van der Waals surface area contributed by atoms with Crippen molar-refractivity contribution < 1.29 is 14.6 Å². The van der Waals surface area contributed by atoms with Gasteiger partial charge in [-0.05, 0) is 31.2 Å². The van der Waals surface area contributed by atoms with E-state index in [0.717, 1.165) is 16.5 Å². The van der Waals surface area contributed by atoms with E-state index in [2.05, 4.69) is 0 Å². The Balaban J connectivity index is 1.81. The Morgan fingerprint density at radius 2 is 2.07 bits per heavy atom. The Bertz CT molecular complexity index is 1220. The van der Waals surface area contributed by atoms with Gasteiger partial charge >= 0.3 is 5.97 Å². The molecule has 1 aromatic carbocycles. The van der Waals surface area contributed by atoms with E-state index in [1.165, 1.54) is 6.08 Å². The summed E-state index contributed by atoms with van der Waals surface area (Å²) < 4.78 is 6.71. The van der Waals surface area contributed by atoms with E-state index in [0.29, 0.717) is 23.5 Å². The van der Waals surface area contributed by atoms with Crippen LogP contribution in [0.4, 0.5) is 0 Å². The predicted octanol–water partition coefficient (Wildman–Crippen LogP) is 2.25. The number of aliphatic hydroxyl groups is 1. The highest BCUT2D eigenvalue weighted by Crippen LogP contribution is 2.37. The highest BCUT2D eigenvalue weighted by atomic mass is 16.6. The van der Waals surface area contributed by atoms with E-state index < -0.39 is 11.6 Å². The molecule has 6 heteroatoms. The highest BCUT2D eigenvalue weighted by Gasteiger charge is 2.44. The summed E-state index contributed by atoms with van der Waals surface area (Å²) in [6, 6.07) is 11.5. The number of ether oxygens (including phenoxy) is 1. The van der Waals surface area contributed by atoms with E-state index in [-0.39, 0.29) is 17.7 Å². The first-order chi connectivity index (χ1) is 13.0. The fourth-order valence-corrected chi connectivity index (χ4v) is 3.95. The quantitative estimate of drug-likeness (QED) is 0.416. The van der Waals surface area contributed by atoms with Gasteiger partial charge in [0.2, 0.25) is 5.60 Å². The van der Waals surface area contributed by atoms with E-state index >= 15 is 0 Å². The number of carbonyl (C=O) groups excluding carboxylic acids is 1. The van der Waals surface area contributed by atoms with Crippen molar-refractivity contribution in [3.63, 3.8) is 0 Å². The Morgan fingerprint density at radius 1 is 1.26 bits per heavy atom. The second kappa shape index (κ2) is 5.37. The molecule has 0 saturated heterocycles. The molecule has 0 bridgehead atoms. The molecule has 1 atom stereocenters. The number of fused-ring (bicyclic) bond motifs is 5. The molecule has 2 aromatic heterocycles. The summed E-state index contributed by atoms with van der Waals surface area (Å²) >= 11 is 0. The molecular formula is C21H16N2O4. The first-order valence-electron chi connectivity index (χ1n) is 8.72. The molecule has 4 heterocycles. The van der Waals surface area contributed by atoms with Gasteiger partial charge in [-0.25, -0.2) is 9.78 Å². The van der Waals surface area contributed by atoms with Crippen molar-refractivity contribution in [1.29, 1.82) is 0 Å². The molecule has 0 radical (unpaired) electrons. The monoisotopic (exact) mass is 360 g/mol. The normalized spacial score (nSPS) is 20.4. The summed E-state index contributed by atoms with van der Waals surface area (Å²) in [6.07, 6.45) is 2.93. The molecule has 0 saturated carbocycles. The average molecular weight is 360 g/mol. The zero-order valence-corrected chi connectivity index (χ0v) is 14.6. The van der Waals surface area contributed by atoms with Gasteiger partial charge in [-0.2, -0.15) is 0 Å². The molecule has 3 aromatic rings. The smallest absolute Gasteiger partial charge is 0.347 e. The fraction of sp³-hybridized carbons (Fsp3) is 0.190. The van der Waals surface area contributed by atoms with Gasteiger partial charge < -0.3 is 14.4 Å². The predicted molar refractivity (Wildman–Crippen MR) is 99.0 cm³/mol. The second-order valence-corrected chi connectivity index (χ2v) is 6.84. The van der Waals surface area contributed by atoms with Gasteiger partial charge in [0.15, 0.2) is 0 Å². The van der Waals surface area contributed by atoms with Gasteiger partial charge in [-0.1, -0.05) is 24.3 Å². The lowest BCUT2D eigenvalue weighted by Crippen LogP contribution is -2.43. The number of nitrogens with zero attached hydrogens (tertiary/aromatic N) is 2. The number of aromatic nitrogens is 2. The van der Waals surface area contributed by atoms with E-state index in [4.69, 9.17) is 9.72 Å². The number of hydrogen-bond donors (Lipinski definition) is 1. The van der Waals surface area contributed by atoms with Gasteiger partial charge in [0.25, 0.3) is 5.56 Å². The molecule has 5 rings (SSSR count). The van der Waals surface area contributed by atoms with Crippen LogP contribution in [-0.4, -0.2) is 20.6 Å². The number of hydrogen-bond acceptors (Lipinski definition) is 5. The number of esters is 1. The van der Waals surface area contributed by atoms with Gasteiger partial charge in [0.1, 0.15) is 6.61 Å². The Hall–Kier alpha value is -3.25. The minimum Gasteiger partial charge on any atom is -0.458 e. The van der Waals surface area contributed by atoms with Crippen LogP contribution in [0.15, 0.2) is 53.3 Å². The van der Waals surface area contributed by atoms with E-state index in [1.807, 2.05) is 30.3 Å². The molecule has 0 fully saturated rings. The van der Waals surface area contributed by atoms with Crippen molar-refractivity contribution in [2.24, 2.45) is 0 Å². The summed E-state index contributed by atoms with van der Waals surface area (Å²) in [5.74, 6) is -0.776. The van der Waals surface area contributed by atoms with Crippen LogP contribution >= 0.6 is 0 Å². The van der Waals surface area contributed by atoms with E-state index in [9.17, 15) is 14.7 Å². The topological polar surface area (TPSA) is 81.4 Å². The number of cyclic esters (lactones) is 1. The molecule has 1 N–H and O–H groups in total. The minimum atomic E-state index is -1.96. The standard InChI is InChI=1S/C21H16N2O4/c1-2-7-21(26)15-9-17-18-13(8-12-5-3-4-6-16(12)22-18)10-23(17)19(24)14(15)11-27-20(21)25/h2-9,26H,10-11H2,1H3/b7-2+. The lowest BCUT2D eigenvalue weighted by atomic mass is 9.87. The Kier molecular flexibility index (Phi) is 3.18. The minimum absolute atomic E-state index is 0.140. The number of allylic oxidation sites excluding steroid dienone is 1. The SMILES string of the molecule is C/C=C/C1(O)C(=O)OCc2c1cc1n(c2=O)Cc2cc3ccccc3nc2-1. The van der Waals surface area contributed by atoms with E-state index in [1.54, 1.807) is 23.6 Å². The number of rotatable bonds is 1. The number of carbonyl (C=O) groups is 1. The maximum absolute atomic E-state index is 13.1. The van der Waals surface area contributed by atoms with Crippen molar-refractivity contribution in [2.45, 2.75) is 25.7 Å². The third kappa shape index (κ3) is 2.07. The number of pyridine rings is 2. The summed E-state index contributed by atoms with van der Waals surface area (Å²) in [4.78, 5) is 30.1. The Labute approximate surface area is 154 Å². The first-order valence-corrected chi connectivity index (χ1v) is 8.72. The zero-order chi connectivity index (χ0) is 18.8. The zero-order valence-electron chi connectivity index (χ0n) is 14.6. The molecule has 2 aliphatic heterocycles. The summed E-state index contributed by atoms with van der Waals surface area (Å²) in [7, 11) is 0. The lowest BCUT2D eigenvalue weighted by molar-refractivity contribution is -0.166. The van der Waals surface area contributed by atoms with Crippen molar-refractivity contribution in [2.75, 3.05) is 0 Å². The van der Waals surface area contributed by atoms with Crippen LogP contribution < -0.4 is 5.56 Å². The third-order valence-electron chi connectivity index (χ3n) is 5.25. The lowest BCUT2D eigenvalue weighted by Gasteiger charge is -2.30. The van der Waals surface area contributed by atoms with Crippen LogP contribution in [0.1, 0.15) is 23.6 Å². The number of benzene rings is 1. The molecule has 0 spiro atoms. The second-order valence-electron chi connectivity index (χ2n) is 6.84. The molecule has 0 aliphatic carbocycles. The van der Waals surface area contributed by atoms with Crippen molar-refractivity contribution in [1.82, 2.24) is 9.55 Å². The maximum Gasteiger partial charge on any atom is 0.347 e. The summed E-state index contributed by atoms with van der Waals surface area (Å²) in [6.45, 7) is 1.96. The molecule has 1 unspecified atom stereocenters. The van der Waals surface area contributed by atoms with Crippen LogP contribution in [0.2, 0.25) is 0 Å². The summed E-state index contributed by atoms with van der Waals surface area (Å²) in [5.41, 5.74) is 1.43. The largest absolute Gasteiger partial charge is 0.458 e. The van der Waals surface area contributed by atoms with Crippen LogP contribution in [0, 0.1) is 0 Å². The van der Waals surface area contributed by atoms with Crippen LogP contribution in [-0.2, 0) is 28.3 Å². The molecule has 0 amide bonds. The van der Waals surface area contributed by atoms with Crippen LogP contribution in [0.25, 0.3) is 22.3 Å². The number of para-hydroxylation sites is 1. The fourth-order valence-electron chi connectivity index (χ4n) is 3.95. The Morgan fingerprint density at radius 3 is 2.89 bits per heavy atom. The molecular weight excluding hydrogens is 344 g/mol. The first kappa shape index (κ1) is 16.0. The van der Waals surface area contributed by atoms with Gasteiger partial charge in [-0.15, -0.1) is 0 Å². The van der Waals surface area contributed by atoms with Crippen LogP contribution in [0.5, 0.6) is 0 Å². The van der Waals surface area contributed by atoms with Gasteiger partial charge in [0.05, 0.1) is 29.0 Å². The summed E-state index contributed by atoms with van der Waals surface area (Å²) in [5, 5.41) is 11.9. The highest BCUT2D eigenvalue weighted by molar-refractivity contribution is 5.87. The third-order valence-corrected chi connectivity index (χ3v) is 5.25. The molecule has 134 valence electrons. The van der Waals surface area contributed by atoms with Gasteiger partial charge in [0, 0.05) is 16.5 Å².